The lowest BCUT2D eigenvalue weighted by molar-refractivity contribution is -0.153. The molecule has 0 spiro atoms. The molecule has 0 unspecified atom stereocenters. The van der Waals surface area contributed by atoms with Gasteiger partial charge in [-0.1, -0.05) is 97.1 Å². The molecule has 0 saturated carbocycles. The first-order valence-electron chi connectivity index (χ1n) is 15.5. The quantitative estimate of drug-likeness (QED) is 0.0951. The summed E-state index contributed by atoms with van der Waals surface area (Å²) in [5.74, 6) is -0.154. The van der Waals surface area contributed by atoms with Gasteiger partial charge < -0.3 is 20.5 Å². The van der Waals surface area contributed by atoms with Crippen molar-refractivity contribution in [3.63, 3.8) is 0 Å². The highest BCUT2D eigenvalue weighted by Gasteiger charge is 2.30. The number of halogens is 1. The molecule has 0 aliphatic rings. The number of phenols is 1. The second kappa shape index (κ2) is 15.5. The second-order valence-electron chi connectivity index (χ2n) is 13.0. The van der Waals surface area contributed by atoms with Gasteiger partial charge in [0, 0.05) is 23.7 Å². The van der Waals surface area contributed by atoms with Crippen LogP contribution >= 0.6 is 11.6 Å². The van der Waals surface area contributed by atoms with E-state index in [-0.39, 0.29) is 23.7 Å². The molecule has 3 rings (SSSR count). The number of amides is 2. The Morgan fingerprint density at radius 1 is 1.00 bits per heavy atom. The molecule has 3 aromatic rings. The molecule has 0 saturated heterocycles. The second-order valence-corrected chi connectivity index (χ2v) is 13.3. The van der Waals surface area contributed by atoms with Crippen molar-refractivity contribution in [2.75, 3.05) is 18.5 Å². The van der Waals surface area contributed by atoms with Crippen LogP contribution in [0.4, 0.5) is 10.5 Å². The molecule has 0 bridgehead atoms. The molecular weight excluding hydrogens is 568 g/mol. The number of unbranched alkanes of at least 4 members (excludes halogenated alkanes) is 9. The number of aromatic nitrogens is 4. The minimum atomic E-state index is -0.883. The predicted molar refractivity (Wildman–Crippen MR) is 172 cm³/mol. The van der Waals surface area contributed by atoms with E-state index in [4.69, 9.17) is 16.3 Å². The Hall–Kier alpha value is -3.27. The Labute approximate surface area is 260 Å². The standard InChI is InChI=1S/C32H49ClN6O4/c1-7-8-9-10-11-12-13-14-15-16-19-43-29(41)32(5,6)21-34-30(42)35-22-17-18-23(24(40)20-22)27-36-28-25(33)26(31(2,3)4)37-39(28)38-27/h17-18,20,37,40H,7-16,19,21H2,1-6H3,(H2,34,35,42). The minimum Gasteiger partial charge on any atom is -0.507 e. The van der Waals surface area contributed by atoms with Gasteiger partial charge in [-0.2, -0.15) is 4.63 Å². The summed E-state index contributed by atoms with van der Waals surface area (Å²) in [6.07, 6.45) is 12.2. The van der Waals surface area contributed by atoms with Crippen molar-refractivity contribution in [1.29, 1.82) is 0 Å². The Balaban J connectivity index is 1.41. The first kappa shape index (κ1) is 34.2. The molecule has 10 nitrogen and oxygen atoms in total. The highest BCUT2D eigenvalue weighted by molar-refractivity contribution is 6.34. The third-order valence-corrected chi connectivity index (χ3v) is 7.82. The summed E-state index contributed by atoms with van der Waals surface area (Å²) < 4.78 is 6.97. The third-order valence-electron chi connectivity index (χ3n) is 7.46. The number of ether oxygens (including phenoxy) is 1. The fourth-order valence-electron chi connectivity index (χ4n) is 4.71. The van der Waals surface area contributed by atoms with E-state index < -0.39 is 11.4 Å². The number of hydrogen-bond donors (Lipinski definition) is 4. The van der Waals surface area contributed by atoms with E-state index in [2.05, 4.69) is 32.7 Å². The zero-order chi connectivity index (χ0) is 31.6. The number of rotatable bonds is 16. The molecule has 0 aliphatic carbocycles. The highest BCUT2D eigenvalue weighted by Crippen LogP contribution is 2.34. The molecule has 4 N–H and O–H groups in total. The van der Waals surface area contributed by atoms with Crippen LogP contribution in [0.15, 0.2) is 18.2 Å². The van der Waals surface area contributed by atoms with Gasteiger partial charge in [-0.3, -0.25) is 9.89 Å². The Bertz CT molecular complexity index is 1360. The van der Waals surface area contributed by atoms with Crippen molar-refractivity contribution in [2.24, 2.45) is 5.41 Å². The van der Waals surface area contributed by atoms with Crippen LogP contribution in [0.25, 0.3) is 17.0 Å². The monoisotopic (exact) mass is 616 g/mol. The van der Waals surface area contributed by atoms with Crippen LogP contribution in [0.3, 0.4) is 0 Å². The van der Waals surface area contributed by atoms with Crippen LogP contribution in [0.5, 0.6) is 5.75 Å². The molecule has 0 fully saturated rings. The summed E-state index contributed by atoms with van der Waals surface area (Å²) in [5.41, 5.74) is 0.951. The molecule has 2 amide bonds. The molecule has 238 valence electrons. The summed E-state index contributed by atoms with van der Waals surface area (Å²) in [6.45, 7) is 12.3. The maximum atomic E-state index is 12.6. The zero-order valence-electron chi connectivity index (χ0n) is 26.6. The lowest BCUT2D eigenvalue weighted by atomic mass is 9.92. The number of aromatic amines is 1. The number of benzene rings is 1. The molecule has 11 heteroatoms. The molecular formula is C32H49ClN6O4. The van der Waals surface area contributed by atoms with Gasteiger partial charge in [-0.25, -0.2) is 9.78 Å². The molecule has 1 aromatic carbocycles. The predicted octanol–water partition coefficient (Wildman–Crippen LogP) is 7.99. The third kappa shape index (κ3) is 9.88. The number of carbonyl (C=O) groups excluding carboxylic acids is 2. The average molecular weight is 617 g/mol. The van der Waals surface area contributed by atoms with E-state index >= 15 is 0 Å². The summed E-state index contributed by atoms with van der Waals surface area (Å²) in [4.78, 5) is 29.6. The van der Waals surface area contributed by atoms with Crippen molar-refractivity contribution in [1.82, 2.24) is 25.1 Å². The largest absolute Gasteiger partial charge is 0.507 e. The number of esters is 1. The highest BCUT2D eigenvalue weighted by atomic mass is 35.5. The van der Waals surface area contributed by atoms with Gasteiger partial charge in [0.1, 0.15) is 10.8 Å². The van der Waals surface area contributed by atoms with Crippen LogP contribution in [0, 0.1) is 5.41 Å². The van der Waals surface area contributed by atoms with Crippen molar-refractivity contribution in [2.45, 2.75) is 111 Å². The lowest BCUT2D eigenvalue weighted by Crippen LogP contribution is -2.41. The number of H-pyrrole nitrogens is 1. The summed E-state index contributed by atoms with van der Waals surface area (Å²) in [5, 5.41) is 24.1. The fourth-order valence-corrected chi connectivity index (χ4v) is 5.15. The maximum Gasteiger partial charge on any atom is 0.319 e. The van der Waals surface area contributed by atoms with Crippen molar-refractivity contribution >= 4 is 34.9 Å². The van der Waals surface area contributed by atoms with Crippen LogP contribution in [-0.2, 0) is 14.9 Å². The minimum absolute atomic E-state index is 0.0989. The smallest absolute Gasteiger partial charge is 0.319 e. The van der Waals surface area contributed by atoms with Crippen LogP contribution < -0.4 is 10.6 Å². The number of nitrogens with one attached hydrogen (secondary N) is 3. The average Bonchev–Trinajstić information content (AvgIpc) is 3.49. The van der Waals surface area contributed by atoms with Crippen molar-refractivity contribution in [3.05, 3.63) is 28.9 Å². The van der Waals surface area contributed by atoms with E-state index in [1.54, 1.807) is 26.0 Å². The van der Waals surface area contributed by atoms with Gasteiger partial charge >= 0.3 is 12.0 Å². The Morgan fingerprint density at radius 3 is 2.21 bits per heavy atom. The number of aromatic hydroxyl groups is 1. The van der Waals surface area contributed by atoms with Gasteiger partial charge in [-0.15, -0.1) is 5.10 Å². The summed E-state index contributed by atoms with van der Waals surface area (Å²) in [7, 11) is 0. The molecule has 2 aromatic heterocycles. The SMILES string of the molecule is CCCCCCCCCCCCOC(=O)C(C)(C)CNC(=O)Nc1ccc(-c2nc3c(Cl)c(C(C)(C)C)[nH]n3n2)c(O)c1. The normalized spacial score (nSPS) is 12.1. The molecule has 0 aliphatic heterocycles. The van der Waals surface area contributed by atoms with Gasteiger partial charge in [0.15, 0.2) is 11.5 Å². The van der Waals surface area contributed by atoms with Gasteiger partial charge in [-0.05, 0) is 32.4 Å². The summed E-state index contributed by atoms with van der Waals surface area (Å²) >= 11 is 6.51. The Kier molecular flexibility index (Phi) is 12.3. The molecule has 0 atom stereocenters. The van der Waals surface area contributed by atoms with Crippen molar-refractivity contribution < 1.29 is 19.4 Å². The first-order valence-corrected chi connectivity index (χ1v) is 15.9. The fraction of sp³-hybridized carbons (Fsp3) is 0.625. The number of anilines is 1. The van der Waals surface area contributed by atoms with Crippen LogP contribution in [0.1, 0.15) is 111 Å². The first-order chi connectivity index (χ1) is 20.3. The van der Waals surface area contributed by atoms with Crippen molar-refractivity contribution in [3.8, 4) is 17.1 Å². The maximum absolute atomic E-state index is 12.6. The number of carbonyl (C=O) groups is 2. The number of urea groups is 1. The zero-order valence-corrected chi connectivity index (χ0v) is 27.4. The van der Waals surface area contributed by atoms with Crippen LogP contribution in [0.2, 0.25) is 5.02 Å². The van der Waals surface area contributed by atoms with Crippen LogP contribution in [-0.4, -0.2) is 50.1 Å². The van der Waals surface area contributed by atoms with Gasteiger partial charge in [0.2, 0.25) is 0 Å². The lowest BCUT2D eigenvalue weighted by Gasteiger charge is -2.23. The number of fused-ring (bicyclic) bond motifs is 1. The molecule has 0 radical (unpaired) electrons. The molecule has 43 heavy (non-hydrogen) atoms. The number of phenolic OH excluding ortho intramolecular Hbond substituents is 1. The van der Waals surface area contributed by atoms with E-state index in [9.17, 15) is 14.7 Å². The Morgan fingerprint density at radius 2 is 1.63 bits per heavy atom. The van der Waals surface area contributed by atoms with E-state index in [0.29, 0.717) is 34.4 Å². The van der Waals surface area contributed by atoms with E-state index in [1.807, 2.05) is 20.8 Å². The van der Waals surface area contributed by atoms with E-state index in [0.717, 1.165) is 25.0 Å². The summed E-state index contributed by atoms with van der Waals surface area (Å²) in [6, 6.07) is 4.17. The van der Waals surface area contributed by atoms with E-state index in [1.165, 1.54) is 55.6 Å². The van der Waals surface area contributed by atoms with Gasteiger partial charge in [0.25, 0.3) is 0 Å². The number of nitrogens with zero attached hydrogens (tertiary/aromatic N) is 3. The topological polar surface area (TPSA) is 134 Å². The number of hydrogen-bond acceptors (Lipinski definition) is 6. The molecule has 2 heterocycles. The van der Waals surface area contributed by atoms with Gasteiger partial charge in [0.05, 0.1) is 23.3 Å².